The second-order valence-electron chi connectivity index (χ2n) is 4.94. The highest BCUT2D eigenvalue weighted by Gasteiger charge is 2.76. The Morgan fingerprint density at radius 2 is 1.22 bits per heavy atom. The molecule has 0 saturated heterocycles. The third kappa shape index (κ3) is 2.00. The van der Waals surface area contributed by atoms with E-state index in [0.717, 1.165) is 0 Å². The van der Waals surface area contributed by atoms with Crippen LogP contribution in [0.15, 0.2) is 16.9 Å². The molecule has 0 aromatic heterocycles. The van der Waals surface area contributed by atoms with E-state index in [1.54, 1.807) is 0 Å². The van der Waals surface area contributed by atoms with Crippen LogP contribution in [0.2, 0.25) is 0 Å². The van der Waals surface area contributed by atoms with Crippen LogP contribution in [0.25, 0.3) is 0 Å². The highest BCUT2D eigenvalue weighted by atomic mass is 16.4. The zero-order chi connectivity index (χ0) is 20.9. The molecular weight excluding hydrogens is 380 g/mol. The van der Waals surface area contributed by atoms with Crippen molar-refractivity contribution in [3.8, 4) is 0 Å². The predicted molar refractivity (Wildman–Crippen MR) is 74.5 cm³/mol. The van der Waals surface area contributed by atoms with Crippen molar-refractivity contribution in [1.29, 1.82) is 0 Å². The van der Waals surface area contributed by atoms with Crippen LogP contribution in [0.4, 0.5) is 14.4 Å². The molecule has 1 unspecified atom stereocenters. The molecule has 2 aliphatic rings. The van der Waals surface area contributed by atoms with Crippen molar-refractivity contribution >= 4 is 42.5 Å². The third-order valence-corrected chi connectivity index (χ3v) is 3.76. The highest BCUT2D eigenvalue weighted by Crippen LogP contribution is 2.45. The molecule has 0 aliphatic carbocycles. The lowest BCUT2D eigenvalue weighted by molar-refractivity contribution is -0.195. The van der Waals surface area contributed by atoms with E-state index in [9.17, 15) is 59.4 Å². The van der Waals surface area contributed by atoms with E-state index in [0.29, 0.717) is 0 Å². The molecule has 16 heteroatoms. The molecule has 0 radical (unpaired) electrons. The Kier molecular flexibility index (Phi) is 3.92. The van der Waals surface area contributed by atoms with Gasteiger partial charge in [-0.3, -0.25) is 0 Å². The maximum absolute atomic E-state index is 11.9. The molecule has 16 nitrogen and oxygen atoms in total. The summed E-state index contributed by atoms with van der Waals surface area (Å²) in [6.45, 7) is 0. The van der Waals surface area contributed by atoms with Gasteiger partial charge in [0.1, 0.15) is 12.0 Å². The molecule has 27 heavy (non-hydrogen) atoms. The Bertz CT molecular complexity index is 847. The Morgan fingerprint density at radius 1 is 0.741 bits per heavy atom. The second-order valence-corrected chi connectivity index (χ2v) is 4.94. The molecule has 3 amide bonds. The van der Waals surface area contributed by atoms with E-state index in [1.807, 2.05) is 0 Å². The lowest BCUT2D eigenvalue weighted by Crippen LogP contribution is -2.82. The van der Waals surface area contributed by atoms with Gasteiger partial charge in [0.15, 0.2) is 0 Å². The van der Waals surface area contributed by atoms with E-state index in [2.05, 4.69) is 4.99 Å². The fourth-order valence-corrected chi connectivity index (χ4v) is 2.78. The zero-order valence-corrected chi connectivity index (χ0v) is 12.6. The van der Waals surface area contributed by atoms with Crippen molar-refractivity contribution in [1.82, 2.24) is 14.7 Å². The molecule has 0 spiro atoms. The molecule has 2 rings (SSSR count). The van der Waals surface area contributed by atoms with E-state index in [-0.39, 0.29) is 17.4 Å². The summed E-state index contributed by atoms with van der Waals surface area (Å²) in [6.07, 6.45) is -6.59. The molecular formula is C11H8N4O12. The number of aliphatic carboxylic acids is 3. The molecule has 2 aliphatic heterocycles. The fourth-order valence-electron chi connectivity index (χ4n) is 2.78. The average Bonchev–Trinajstić information content (AvgIpc) is 2.91. The molecule has 0 saturated carbocycles. The Balaban J connectivity index is 3.09. The number of carbonyl (C=O) groups is 6. The number of carboxylic acids is 3. The molecule has 0 fully saturated rings. The lowest BCUT2D eigenvalue weighted by Gasteiger charge is -2.51. The Labute approximate surface area is 146 Å². The summed E-state index contributed by atoms with van der Waals surface area (Å²) in [5.74, 6) is -7.58. The summed E-state index contributed by atoms with van der Waals surface area (Å²) in [5.41, 5.74) is -8.67. The molecule has 0 bridgehead atoms. The average molecular weight is 388 g/mol. The molecule has 0 aromatic carbocycles. The monoisotopic (exact) mass is 388 g/mol. The number of nitrogens with zero attached hydrogens (tertiary/aromatic N) is 4. The molecule has 2 heterocycles. The summed E-state index contributed by atoms with van der Waals surface area (Å²) in [4.78, 5) is 71.8. The van der Waals surface area contributed by atoms with E-state index in [1.165, 1.54) is 0 Å². The predicted octanol–water partition coefficient (Wildman–Crippen LogP) is -1.53. The number of aliphatic imine (C=N–C) groups is 1. The normalized spacial score (nSPS) is 22.7. The number of rotatable bonds is 3. The van der Waals surface area contributed by atoms with Crippen molar-refractivity contribution in [3.63, 3.8) is 0 Å². The summed E-state index contributed by atoms with van der Waals surface area (Å²) >= 11 is 0. The van der Waals surface area contributed by atoms with E-state index >= 15 is 0 Å². The highest BCUT2D eigenvalue weighted by molar-refractivity contribution is 6.11. The Morgan fingerprint density at radius 3 is 1.56 bits per heavy atom. The van der Waals surface area contributed by atoms with Gasteiger partial charge in [-0.05, 0) is 0 Å². The van der Waals surface area contributed by atoms with Gasteiger partial charge in [0.25, 0.3) is 5.66 Å². The van der Waals surface area contributed by atoms with Crippen LogP contribution in [-0.2, 0) is 14.4 Å². The van der Waals surface area contributed by atoms with Crippen LogP contribution in [0.1, 0.15) is 0 Å². The molecule has 6 N–H and O–H groups in total. The van der Waals surface area contributed by atoms with E-state index < -0.39 is 63.0 Å². The number of carboxylic acid groups (broad SMARTS) is 6. The van der Waals surface area contributed by atoms with Crippen LogP contribution in [-0.4, -0.2) is 99.2 Å². The maximum Gasteiger partial charge on any atom is 0.415 e. The standard InChI is InChI=1S/C11H8N4O12/c16-4(17)10-3(12-2-14(10)8(24)25)1-13(7(22)23)11(5(18)19,6(20)21)15(10)9(26)27/h1-2H,(H,16,17)(H,18,19)(H,20,21)(H,22,23)(H,24,25)(H,26,27). The van der Waals surface area contributed by atoms with Crippen molar-refractivity contribution in [2.45, 2.75) is 11.3 Å². The van der Waals surface area contributed by atoms with Crippen LogP contribution in [0.5, 0.6) is 0 Å². The molecule has 0 aromatic rings. The second kappa shape index (κ2) is 5.58. The van der Waals surface area contributed by atoms with Crippen LogP contribution < -0.4 is 0 Å². The van der Waals surface area contributed by atoms with Crippen molar-refractivity contribution in [2.24, 2.45) is 4.99 Å². The van der Waals surface area contributed by atoms with Gasteiger partial charge in [-0.1, -0.05) is 0 Å². The minimum atomic E-state index is -4.08. The summed E-state index contributed by atoms with van der Waals surface area (Å²) in [5, 5.41) is 56.2. The quantitative estimate of drug-likeness (QED) is 0.301. The van der Waals surface area contributed by atoms with Gasteiger partial charge in [-0.15, -0.1) is 0 Å². The first-order valence-electron chi connectivity index (χ1n) is 6.42. The SMILES string of the molecule is O=C(O)N1C=C2N=CN(C(=O)O)C2(C(=O)O)N(C(=O)O)C1(C(=O)O)C(=O)O. The minimum absolute atomic E-state index is 0.123. The molecule has 1 atom stereocenters. The van der Waals surface area contributed by atoms with Crippen molar-refractivity contribution < 1.29 is 59.4 Å². The first-order valence-corrected chi connectivity index (χ1v) is 6.42. The van der Waals surface area contributed by atoms with Gasteiger partial charge in [0, 0.05) is 6.20 Å². The minimum Gasteiger partial charge on any atom is -0.478 e. The number of fused-ring (bicyclic) bond motifs is 1. The van der Waals surface area contributed by atoms with E-state index in [4.69, 9.17) is 0 Å². The summed E-state index contributed by atoms with van der Waals surface area (Å²) in [6, 6.07) is 0. The van der Waals surface area contributed by atoms with Crippen molar-refractivity contribution in [2.75, 3.05) is 0 Å². The van der Waals surface area contributed by atoms with Gasteiger partial charge in [-0.25, -0.2) is 48.5 Å². The first kappa shape index (κ1) is 19.0. The van der Waals surface area contributed by atoms with Gasteiger partial charge in [0.2, 0.25) is 0 Å². The van der Waals surface area contributed by atoms with Crippen LogP contribution in [0, 0.1) is 0 Å². The zero-order valence-electron chi connectivity index (χ0n) is 12.6. The fraction of sp³-hybridized carbons (Fsp3) is 0.182. The number of hydrogen-bond donors (Lipinski definition) is 6. The smallest absolute Gasteiger partial charge is 0.415 e. The summed E-state index contributed by atoms with van der Waals surface area (Å²) < 4.78 is 0. The van der Waals surface area contributed by atoms with Crippen LogP contribution in [0.3, 0.4) is 0 Å². The number of amides is 3. The largest absolute Gasteiger partial charge is 0.478 e. The molecule has 144 valence electrons. The van der Waals surface area contributed by atoms with Gasteiger partial charge in [0.05, 0.1) is 0 Å². The van der Waals surface area contributed by atoms with Gasteiger partial charge < -0.3 is 30.6 Å². The van der Waals surface area contributed by atoms with Crippen LogP contribution >= 0.6 is 0 Å². The Hall–Kier alpha value is -4.37. The number of hydrogen-bond acceptors (Lipinski definition) is 7. The maximum atomic E-state index is 11.9. The van der Waals surface area contributed by atoms with Gasteiger partial charge in [-0.2, -0.15) is 0 Å². The lowest BCUT2D eigenvalue weighted by atomic mass is 9.93. The van der Waals surface area contributed by atoms with Crippen molar-refractivity contribution in [3.05, 3.63) is 11.9 Å². The third-order valence-electron chi connectivity index (χ3n) is 3.76. The summed E-state index contributed by atoms with van der Waals surface area (Å²) in [7, 11) is 0. The topological polar surface area (TPSA) is 246 Å². The van der Waals surface area contributed by atoms with Gasteiger partial charge >= 0.3 is 41.9 Å². The first-order chi connectivity index (χ1) is 12.4.